The van der Waals surface area contributed by atoms with E-state index in [2.05, 4.69) is 56.6 Å². The largest absolute Gasteiger partial charge is 0.336 e. The second kappa shape index (κ2) is 11.3. The molecular weight excluding hydrogens is 468 g/mol. The lowest BCUT2D eigenvalue weighted by atomic mass is 10.0. The van der Waals surface area contributed by atoms with Crippen LogP contribution in [0.5, 0.6) is 0 Å². The number of halogens is 1. The van der Waals surface area contributed by atoms with Crippen LogP contribution in [0.15, 0.2) is 79.3 Å². The van der Waals surface area contributed by atoms with Crippen LogP contribution in [0.3, 0.4) is 0 Å². The number of rotatable bonds is 8. The molecule has 1 atom stereocenters. The molecule has 3 aromatic carbocycles. The van der Waals surface area contributed by atoms with Gasteiger partial charge >= 0.3 is 0 Å². The summed E-state index contributed by atoms with van der Waals surface area (Å²) in [6.07, 6.45) is 7.27. The summed E-state index contributed by atoms with van der Waals surface area (Å²) in [6.45, 7) is 6.18. The van der Waals surface area contributed by atoms with E-state index in [4.69, 9.17) is 11.6 Å². The van der Waals surface area contributed by atoms with Gasteiger partial charge in [-0.25, -0.2) is 4.98 Å². The van der Waals surface area contributed by atoms with E-state index < -0.39 is 0 Å². The van der Waals surface area contributed by atoms with E-state index in [1.807, 2.05) is 48.9 Å². The van der Waals surface area contributed by atoms with Gasteiger partial charge in [0, 0.05) is 55.5 Å². The zero-order valence-corrected chi connectivity index (χ0v) is 21.6. The first-order chi connectivity index (χ1) is 17.6. The molecule has 1 saturated heterocycles. The molecule has 5 nitrogen and oxygen atoms in total. The van der Waals surface area contributed by atoms with Crippen molar-refractivity contribution in [3.63, 3.8) is 0 Å². The Balaban J connectivity index is 1.31. The molecule has 0 radical (unpaired) electrons. The summed E-state index contributed by atoms with van der Waals surface area (Å²) in [5, 5.41) is 2.89. The number of aromatic nitrogens is 2. The zero-order chi connectivity index (χ0) is 24.9. The van der Waals surface area contributed by atoms with Crippen molar-refractivity contribution in [3.05, 3.63) is 101 Å². The summed E-state index contributed by atoms with van der Waals surface area (Å²) >= 11 is 6.06. The molecule has 1 aliphatic heterocycles. The summed E-state index contributed by atoms with van der Waals surface area (Å²) in [5.41, 5.74) is 3.20. The number of fused-ring (bicyclic) bond motifs is 1. The Morgan fingerprint density at radius 2 is 1.81 bits per heavy atom. The van der Waals surface area contributed by atoms with Crippen LogP contribution in [0.2, 0.25) is 5.02 Å². The molecule has 0 aliphatic carbocycles. The van der Waals surface area contributed by atoms with Crippen LogP contribution in [-0.2, 0) is 13.1 Å². The van der Waals surface area contributed by atoms with Gasteiger partial charge in [-0.05, 0) is 41.0 Å². The van der Waals surface area contributed by atoms with Crippen molar-refractivity contribution in [2.45, 2.75) is 45.3 Å². The van der Waals surface area contributed by atoms with Crippen LogP contribution in [0.1, 0.15) is 47.8 Å². The van der Waals surface area contributed by atoms with E-state index in [-0.39, 0.29) is 5.91 Å². The maximum atomic E-state index is 13.6. The Hall–Kier alpha value is -3.15. The average Bonchev–Trinajstić information content (AvgIpc) is 3.35. The minimum Gasteiger partial charge on any atom is -0.336 e. The molecule has 2 heterocycles. The normalized spacial score (nSPS) is 16.5. The van der Waals surface area contributed by atoms with Gasteiger partial charge in [-0.2, -0.15) is 0 Å². The molecule has 1 amide bonds. The van der Waals surface area contributed by atoms with Crippen molar-refractivity contribution < 1.29 is 4.79 Å². The van der Waals surface area contributed by atoms with Gasteiger partial charge in [-0.3, -0.25) is 9.69 Å². The van der Waals surface area contributed by atoms with Crippen molar-refractivity contribution >= 4 is 28.3 Å². The molecule has 5 rings (SSSR count). The summed E-state index contributed by atoms with van der Waals surface area (Å²) in [6, 6.07) is 22.5. The number of imidazole rings is 1. The van der Waals surface area contributed by atoms with E-state index in [0.29, 0.717) is 6.04 Å². The lowest BCUT2D eigenvalue weighted by Gasteiger charge is -2.41. The van der Waals surface area contributed by atoms with Crippen LogP contribution < -0.4 is 0 Å². The number of unbranched alkanes of at least 4 members (excludes halogenated alkanes) is 1. The van der Waals surface area contributed by atoms with Gasteiger partial charge in [0.05, 0.1) is 12.0 Å². The maximum absolute atomic E-state index is 13.6. The van der Waals surface area contributed by atoms with E-state index in [1.54, 1.807) is 0 Å². The zero-order valence-electron chi connectivity index (χ0n) is 20.8. The third-order valence-corrected chi connectivity index (χ3v) is 7.48. The lowest BCUT2D eigenvalue weighted by Crippen LogP contribution is -2.54. The van der Waals surface area contributed by atoms with Gasteiger partial charge < -0.3 is 9.47 Å². The highest BCUT2D eigenvalue weighted by atomic mass is 35.5. The van der Waals surface area contributed by atoms with Crippen molar-refractivity contribution in [1.82, 2.24) is 19.4 Å². The first-order valence-corrected chi connectivity index (χ1v) is 13.2. The molecular formula is C30H33ClN4O. The third kappa shape index (κ3) is 5.48. The Kier molecular flexibility index (Phi) is 7.69. The fourth-order valence-electron chi connectivity index (χ4n) is 5.20. The average molecular weight is 501 g/mol. The Morgan fingerprint density at radius 3 is 2.64 bits per heavy atom. The van der Waals surface area contributed by atoms with Crippen molar-refractivity contribution in [2.75, 3.05) is 19.6 Å². The maximum Gasteiger partial charge on any atom is 0.254 e. The highest BCUT2D eigenvalue weighted by Crippen LogP contribution is 2.24. The molecule has 1 aromatic heterocycles. The molecule has 36 heavy (non-hydrogen) atoms. The molecule has 1 aliphatic rings. The number of carbonyl (C=O) groups is 1. The highest BCUT2D eigenvalue weighted by molar-refractivity contribution is 6.30. The minimum atomic E-state index is 0.140. The van der Waals surface area contributed by atoms with Crippen LogP contribution >= 0.6 is 11.6 Å². The van der Waals surface area contributed by atoms with Crippen LogP contribution in [0.4, 0.5) is 0 Å². The first-order valence-electron chi connectivity index (χ1n) is 12.9. The minimum absolute atomic E-state index is 0.140. The third-order valence-electron chi connectivity index (χ3n) is 7.23. The fraction of sp³-hybridized carbons (Fsp3) is 0.333. The summed E-state index contributed by atoms with van der Waals surface area (Å²) in [7, 11) is 0. The van der Waals surface area contributed by atoms with Crippen molar-refractivity contribution in [2.24, 2.45) is 0 Å². The fourth-order valence-corrected chi connectivity index (χ4v) is 5.32. The number of hydrogen-bond donors (Lipinski definition) is 0. The van der Waals surface area contributed by atoms with E-state index in [0.717, 1.165) is 73.3 Å². The summed E-state index contributed by atoms with van der Waals surface area (Å²) in [5.74, 6) is 0.140. The number of hydrogen-bond acceptors (Lipinski definition) is 3. The predicted molar refractivity (Wildman–Crippen MR) is 146 cm³/mol. The standard InChI is InChI=1S/C30H33ClN4O/c1-2-3-9-26-20-34(30(36)29-11-6-8-24-7-4-5-10-28(24)29)17-16-33(26)21-27-18-32-22-35(27)19-23-12-14-25(31)15-13-23/h4-8,10-15,18,22,26H,2-3,9,16-17,19-21H2,1H3. The monoisotopic (exact) mass is 500 g/mol. The first kappa shape index (κ1) is 24.5. The molecule has 4 aromatic rings. The van der Waals surface area contributed by atoms with Crippen molar-refractivity contribution in [1.29, 1.82) is 0 Å². The topological polar surface area (TPSA) is 41.4 Å². The molecule has 186 valence electrons. The molecule has 0 spiro atoms. The van der Waals surface area contributed by atoms with Crippen LogP contribution in [0.25, 0.3) is 10.8 Å². The highest BCUT2D eigenvalue weighted by Gasteiger charge is 2.30. The predicted octanol–water partition coefficient (Wildman–Crippen LogP) is 6.25. The Bertz CT molecular complexity index is 1310. The van der Waals surface area contributed by atoms with Gasteiger partial charge in [0.1, 0.15) is 0 Å². The molecule has 0 bridgehead atoms. The van der Waals surface area contributed by atoms with Crippen LogP contribution in [-0.4, -0.2) is 50.9 Å². The van der Waals surface area contributed by atoms with Crippen LogP contribution in [0, 0.1) is 0 Å². The molecule has 6 heteroatoms. The number of carbonyl (C=O) groups excluding carboxylic acids is 1. The molecule has 0 saturated carbocycles. The second-order valence-electron chi connectivity index (χ2n) is 9.68. The lowest BCUT2D eigenvalue weighted by molar-refractivity contribution is 0.0429. The Labute approximate surface area is 218 Å². The van der Waals surface area contributed by atoms with Gasteiger partial charge in [0.2, 0.25) is 0 Å². The SMILES string of the molecule is CCCCC1CN(C(=O)c2cccc3ccccc23)CCN1Cc1cncn1Cc1ccc(Cl)cc1. The van der Waals surface area contributed by atoms with E-state index in [9.17, 15) is 4.79 Å². The van der Waals surface area contributed by atoms with Gasteiger partial charge in [0.25, 0.3) is 5.91 Å². The van der Waals surface area contributed by atoms with Crippen molar-refractivity contribution in [3.8, 4) is 0 Å². The van der Waals surface area contributed by atoms with E-state index in [1.165, 1.54) is 11.3 Å². The number of benzene rings is 3. The molecule has 1 fully saturated rings. The van der Waals surface area contributed by atoms with Gasteiger partial charge in [0.15, 0.2) is 0 Å². The molecule has 0 N–H and O–H groups in total. The quantitative estimate of drug-likeness (QED) is 0.287. The van der Waals surface area contributed by atoms with Gasteiger partial charge in [-0.1, -0.05) is 79.9 Å². The summed E-state index contributed by atoms with van der Waals surface area (Å²) in [4.78, 5) is 22.7. The molecule has 1 unspecified atom stereocenters. The Morgan fingerprint density at radius 1 is 1.00 bits per heavy atom. The second-order valence-corrected chi connectivity index (χ2v) is 10.1. The van der Waals surface area contributed by atoms with E-state index >= 15 is 0 Å². The number of amides is 1. The number of nitrogens with zero attached hydrogens (tertiary/aromatic N) is 4. The number of piperazine rings is 1. The smallest absolute Gasteiger partial charge is 0.254 e. The summed E-state index contributed by atoms with van der Waals surface area (Å²) < 4.78 is 2.22. The van der Waals surface area contributed by atoms with Gasteiger partial charge in [-0.15, -0.1) is 0 Å².